The third-order valence-electron chi connectivity index (χ3n) is 4.50. The minimum Gasteiger partial charge on any atom is -0.339 e. The highest BCUT2D eigenvalue weighted by molar-refractivity contribution is 6.07. The molecule has 0 atom stereocenters. The van der Waals surface area contributed by atoms with Crippen LogP contribution in [0.2, 0.25) is 0 Å². The molecule has 0 unspecified atom stereocenters. The fraction of sp³-hybridized carbons (Fsp3) is 0.389. The van der Waals surface area contributed by atoms with Gasteiger partial charge in [0.25, 0.3) is 5.91 Å². The predicted molar refractivity (Wildman–Crippen MR) is 97.0 cm³/mol. The fourth-order valence-electron chi connectivity index (χ4n) is 3.10. The largest absolute Gasteiger partial charge is 0.339 e. The second kappa shape index (κ2) is 6.96. The second-order valence-corrected chi connectivity index (χ2v) is 6.38. The number of hydrogen-bond acceptors (Lipinski definition) is 3. The number of carbonyl (C=O) groups excluding carboxylic acids is 2. The van der Waals surface area contributed by atoms with Crippen molar-refractivity contribution in [1.29, 1.82) is 0 Å². The standard InChI is InChI=1S/C18H23N5O2/c1-11-7-6-8-14(17(24)23-9-4-5-10-23)15(11)19-18(25)20-16-12(2)21-22-13(16)3/h6-8H,4-5,9-10H2,1-3H3,(H,21,22)(H2,19,20,25). The Balaban J connectivity index is 1.82. The number of likely N-dealkylation sites (tertiary alicyclic amines) is 1. The van der Waals surface area contributed by atoms with Crippen molar-refractivity contribution in [2.75, 3.05) is 23.7 Å². The lowest BCUT2D eigenvalue weighted by atomic mass is 10.1. The molecule has 3 N–H and O–H groups in total. The molecule has 132 valence electrons. The number of benzene rings is 1. The average molecular weight is 341 g/mol. The lowest BCUT2D eigenvalue weighted by molar-refractivity contribution is 0.0794. The second-order valence-electron chi connectivity index (χ2n) is 6.38. The zero-order valence-corrected chi connectivity index (χ0v) is 14.8. The van der Waals surface area contributed by atoms with Crippen molar-refractivity contribution in [3.8, 4) is 0 Å². The number of carbonyl (C=O) groups is 2. The summed E-state index contributed by atoms with van der Waals surface area (Å²) in [7, 11) is 0. The van der Waals surface area contributed by atoms with Crippen LogP contribution in [0.15, 0.2) is 18.2 Å². The molecule has 1 aromatic carbocycles. The monoisotopic (exact) mass is 341 g/mol. The first-order chi connectivity index (χ1) is 12.0. The van der Waals surface area contributed by atoms with Gasteiger partial charge in [0.05, 0.1) is 28.3 Å². The Bertz CT molecular complexity index is 786. The topological polar surface area (TPSA) is 90.1 Å². The summed E-state index contributed by atoms with van der Waals surface area (Å²) in [5.41, 5.74) is 4.07. The van der Waals surface area contributed by atoms with Crippen molar-refractivity contribution >= 4 is 23.3 Å². The summed E-state index contributed by atoms with van der Waals surface area (Å²) in [6, 6.07) is 5.09. The summed E-state index contributed by atoms with van der Waals surface area (Å²) in [5.74, 6) is -0.0350. The van der Waals surface area contributed by atoms with Gasteiger partial charge in [0.15, 0.2) is 0 Å². The highest BCUT2D eigenvalue weighted by atomic mass is 16.2. The Kier molecular flexibility index (Phi) is 4.74. The van der Waals surface area contributed by atoms with Gasteiger partial charge in [0.1, 0.15) is 0 Å². The van der Waals surface area contributed by atoms with Gasteiger partial charge in [0.2, 0.25) is 0 Å². The molecule has 1 fully saturated rings. The van der Waals surface area contributed by atoms with Crippen LogP contribution in [0.1, 0.15) is 40.2 Å². The van der Waals surface area contributed by atoms with Gasteiger partial charge in [-0.1, -0.05) is 12.1 Å². The molecule has 0 spiro atoms. The van der Waals surface area contributed by atoms with Crippen LogP contribution in [0.5, 0.6) is 0 Å². The Morgan fingerprint density at radius 3 is 2.40 bits per heavy atom. The Morgan fingerprint density at radius 2 is 1.76 bits per heavy atom. The minimum atomic E-state index is -0.391. The molecule has 0 aliphatic carbocycles. The van der Waals surface area contributed by atoms with E-state index in [2.05, 4.69) is 20.8 Å². The van der Waals surface area contributed by atoms with Gasteiger partial charge in [-0.25, -0.2) is 4.79 Å². The first kappa shape index (κ1) is 17.0. The quantitative estimate of drug-likeness (QED) is 0.800. The highest BCUT2D eigenvalue weighted by Crippen LogP contribution is 2.24. The van der Waals surface area contributed by atoms with Crippen molar-refractivity contribution in [3.05, 3.63) is 40.7 Å². The number of anilines is 2. The Morgan fingerprint density at radius 1 is 1.08 bits per heavy atom. The van der Waals surface area contributed by atoms with Crippen molar-refractivity contribution < 1.29 is 9.59 Å². The van der Waals surface area contributed by atoms with Gasteiger partial charge < -0.3 is 15.5 Å². The van der Waals surface area contributed by atoms with Crippen molar-refractivity contribution in [2.24, 2.45) is 0 Å². The molecule has 0 saturated carbocycles. The van der Waals surface area contributed by atoms with Crippen LogP contribution in [0, 0.1) is 20.8 Å². The smallest absolute Gasteiger partial charge is 0.323 e. The molecule has 25 heavy (non-hydrogen) atoms. The Labute approximate surface area is 146 Å². The van der Waals surface area contributed by atoms with E-state index >= 15 is 0 Å². The third kappa shape index (κ3) is 3.50. The number of nitrogens with one attached hydrogen (secondary N) is 3. The van der Waals surface area contributed by atoms with Gasteiger partial charge in [-0.05, 0) is 45.2 Å². The zero-order chi connectivity index (χ0) is 18.0. The maximum absolute atomic E-state index is 12.8. The molecule has 0 bridgehead atoms. The SMILES string of the molecule is Cc1cccc(C(=O)N2CCCC2)c1NC(=O)Nc1c(C)n[nH]c1C. The lowest BCUT2D eigenvalue weighted by Crippen LogP contribution is -2.29. The van der Waals surface area contributed by atoms with E-state index in [1.54, 1.807) is 6.07 Å². The van der Waals surface area contributed by atoms with Gasteiger partial charge in [-0.15, -0.1) is 0 Å². The molecule has 7 nitrogen and oxygen atoms in total. The lowest BCUT2D eigenvalue weighted by Gasteiger charge is -2.19. The van der Waals surface area contributed by atoms with Crippen molar-refractivity contribution in [2.45, 2.75) is 33.6 Å². The third-order valence-corrected chi connectivity index (χ3v) is 4.50. The predicted octanol–water partition coefficient (Wildman–Crippen LogP) is 3.21. The van der Waals surface area contributed by atoms with E-state index in [0.29, 0.717) is 22.6 Å². The van der Waals surface area contributed by atoms with Gasteiger partial charge in [-0.2, -0.15) is 5.10 Å². The molecular formula is C18H23N5O2. The summed E-state index contributed by atoms with van der Waals surface area (Å²) >= 11 is 0. The van der Waals surface area contributed by atoms with Crippen LogP contribution < -0.4 is 10.6 Å². The number of H-pyrrole nitrogens is 1. The maximum atomic E-state index is 12.8. The van der Waals surface area contributed by atoms with E-state index in [4.69, 9.17) is 0 Å². The van der Waals surface area contributed by atoms with E-state index in [0.717, 1.165) is 37.2 Å². The van der Waals surface area contributed by atoms with E-state index < -0.39 is 6.03 Å². The van der Waals surface area contributed by atoms with E-state index in [9.17, 15) is 9.59 Å². The van der Waals surface area contributed by atoms with Gasteiger partial charge >= 0.3 is 6.03 Å². The summed E-state index contributed by atoms with van der Waals surface area (Å²) in [5, 5.41) is 12.5. The Hall–Kier alpha value is -2.83. The van der Waals surface area contributed by atoms with Crippen molar-refractivity contribution in [3.63, 3.8) is 0 Å². The summed E-state index contributed by atoms with van der Waals surface area (Å²) in [4.78, 5) is 27.0. The number of aromatic amines is 1. The molecule has 1 aliphatic rings. The molecule has 2 heterocycles. The first-order valence-electron chi connectivity index (χ1n) is 8.46. The normalized spacial score (nSPS) is 13.8. The summed E-state index contributed by atoms with van der Waals surface area (Å²) in [6.07, 6.45) is 2.06. The van der Waals surface area contributed by atoms with E-state index in [1.807, 2.05) is 37.8 Å². The molecule has 1 aliphatic heterocycles. The number of aromatic nitrogens is 2. The van der Waals surface area contributed by atoms with E-state index in [1.165, 1.54) is 0 Å². The number of urea groups is 1. The van der Waals surface area contributed by atoms with Crippen LogP contribution in [0.4, 0.5) is 16.2 Å². The van der Waals surface area contributed by atoms with Crippen LogP contribution in [-0.2, 0) is 0 Å². The molecular weight excluding hydrogens is 318 g/mol. The number of nitrogens with zero attached hydrogens (tertiary/aromatic N) is 2. The number of amides is 3. The van der Waals surface area contributed by atoms with Crippen LogP contribution >= 0.6 is 0 Å². The number of para-hydroxylation sites is 1. The molecule has 7 heteroatoms. The average Bonchev–Trinajstić information content (AvgIpc) is 3.22. The van der Waals surface area contributed by atoms with Crippen LogP contribution in [0.3, 0.4) is 0 Å². The van der Waals surface area contributed by atoms with Gasteiger partial charge in [-0.3, -0.25) is 9.89 Å². The summed E-state index contributed by atoms with van der Waals surface area (Å²) in [6.45, 7) is 7.07. The molecule has 1 saturated heterocycles. The highest BCUT2D eigenvalue weighted by Gasteiger charge is 2.23. The first-order valence-corrected chi connectivity index (χ1v) is 8.46. The fourth-order valence-corrected chi connectivity index (χ4v) is 3.10. The summed E-state index contributed by atoms with van der Waals surface area (Å²) < 4.78 is 0. The minimum absolute atomic E-state index is 0.0350. The molecule has 3 amide bonds. The zero-order valence-electron chi connectivity index (χ0n) is 14.8. The molecule has 1 aromatic heterocycles. The molecule has 2 aromatic rings. The van der Waals surface area contributed by atoms with Crippen LogP contribution in [-0.4, -0.2) is 40.1 Å². The number of hydrogen-bond donors (Lipinski definition) is 3. The van der Waals surface area contributed by atoms with Crippen LogP contribution in [0.25, 0.3) is 0 Å². The number of aryl methyl sites for hydroxylation is 3. The van der Waals surface area contributed by atoms with Crippen molar-refractivity contribution in [1.82, 2.24) is 15.1 Å². The van der Waals surface area contributed by atoms with E-state index in [-0.39, 0.29) is 5.91 Å². The molecule has 3 rings (SSSR count). The molecule has 0 radical (unpaired) electrons. The van der Waals surface area contributed by atoms with Gasteiger partial charge in [0, 0.05) is 13.1 Å². The maximum Gasteiger partial charge on any atom is 0.323 e. The number of rotatable bonds is 3.